The zero-order valence-corrected chi connectivity index (χ0v) is 13.7. The van der Waals surface area contributed by atoms with Crippen molar-refractivity contribution in [2.24, 2.45) is 0 Å². The molecule has 0 radical (unpaired) electrons. The fraction of sp³-hybridized carbons (Fsp3) is 0.353. The van der Waals surface area contributed by atoms with Gasteiger partial charge in [0.2, 0.25) is 0 Å². The minimum absolute atomic E-state index is 0.167. The van der Waals surface area contributed by atoms with E-state index in [0.29, 0.717) is 6.42 Å². The van der Waals surface area contributed by atoms with Gasteiger partial charge in [0, 0.05) is 23.6 Å². The molecule has 0 bridgehead atoms. The van der Waals surface area contributed by atoms with Crippen LogP contribution in [0, 0.1) is 0 Å². The lowest BCUT2D eigenvalue weighted by Gasteiger charge is -2.22. The smallest absolute Gasteiger partial charge is 0.163 e. The van der Waals surface area contributed by atoms with Crippen molar-refractivity contribution in [3.8, 4) is 0 Å². The first-order valence-corrected chi connectivity index (χ1v) is 7.48. The van der Waals surface area contributed by atoms with Gasteiger partial charge in [-0.1, -0.05) is 34.1 Å². The number of ether oxygens (including phenoxy) is 1. The van der Waals surface area contributed by atoms with Gasteiger partial charge in [-0.3, -0.25) is 4.79 Å². The fourth-order valence-electron chi connectivity index (χ4n) is 2.05. The molecule has 3 heteroatoms. The molecular formula is C17H19BrO2. The Morgan fingerprint density at radius 1 is 1.15 bits per heavy atom. The first kappa shape index (κ1) is 15.2. The summed E-state index contributed by atoms with van der Waals surface area (Å²) in [6.07, 6.45) is 1.23. The zero-order chi connectivity index (χ0) is 14.8. The number of carbonyl (C=O) groups excluding carboxylic acids is 1. The average molecular weight is 335 g/mol. The van der Waals surface area contributed by atoms with Gasteiger partial charge in [-0.2, -0.15) is 0 Å². The molecular weight excluding hydrogens is 316 g/mol. The van der Waals surface area contributed by atoms with Gasteiger partial charge in [-0.25, -0.2) is 0 Å². The van der Waals surface area contributed by atoms with Crippen LogP contribution in [0.1, 0.15) is 37.0 Å². The number of benzene rings is 2. The van der Waals surface area contributed by atoms with Crippen molar-refractivity contribution in [3.63, 3.8) is 0 Å². The highest BCUT2D eigenvalue weighted by Crippen LogP contribution is 2.23. The maximum Gasteiger partial charge on any atom is 0.163 e. The number of fused-ring (bicyclic) bond motifs is 1. The van der Waals surface area contributed by atoms with E-state index in [-0.39, 0.29) is 11.4 Å². The molecule has 0 aliphatic rings. The number of ketones is 1. The van der Waals surface area contributed by atoms with Crippen molar-refractivity contribution in [3.05, 3.63) is 46.4 Å². The SMILES string of the molecule is COC(C)(C)CCC(=O)c1ccc2cc(Br)ccc2c1. The largest absolute Gasteiger partial charge is 0.379 e. The number of carbonyl (C=O) groups is 1. The standard InChI is InChI=1S/C17H19BrO2/c1-17(2,20-3)9-8-16(19)14-5-4-13-11-15(18)7-6-12(13)10-14/h4-7,10-11H,8-9H2,1-3H3. The number of halogens is 1. The van der Waals surface area contributed by atoms with Crippen LogP contribution in [0.3, 0.4) is 0 Å². The second-order valence-corrected chi connectivity index (χ2v) is 6.51. The first-order chi connectivity index (χ1) is 9.41. The Labute approximate surface area is 128 Å². The predicted octanol–water partition coefficient (Wildman–Crippen LogP) is 4.99. The van der Waals surface area contributed by atoms with Crippen LogP contribution in [0.15, 0.2) is 40.9 Å². The molecule has 0 unspecified atom stereocenters. The lowest BCUT2D eigenvalue weighted by Crippen LogP contribution is -2.23. The number of hydrogen-bond donors (Lipinski definition) is 0. The molecule has 0 atom stereocenters. The van der Waals surface area contributed by atoms with Crippen LogP contribution in [0.4, 0.5) is 0 Å². The van der Waals surface area contributed by atoms with E-state index < -0.39 is 0 Å². The topological polar surface area (TPSA) is 26.3 Å². The van der Waals surface area contributed by atoms with Crippen LogP contribution in [0.25, 0.3) is 10.8 Å². The third kappa shape index (κ3) is 3.68. The lowest BCUT2D eigenvalue weighted by molar-refractivity contribution is 0.0141. The van der Waals surface area contributed by atoms with Crippen molar-refractivity contribution in [1.29, 1.82) is 0 Å². The van der Waals surface area contributed by atoms with Crippen LogP contribution >= 0.6 is 15.9 Å². The minimum Gasteiger partial charge on any atom is -0.379 e. The van der Waals surface area contributed by atoms with Crippen molar-refractivity contribution in [1.82, 2.24) is 0 Å². The quantitative estimate of drug-likeness (QED) is 0.720. The molecule has 2 rings (SSSR count). The third-order valence-corrected chi connectivity index (χ3v) is 4.12. The molecule has 2 nitrogen and oxygen atoms in total. The van der Waals surface area contributed by atoms with Gasteiger partial charge in [0.1, 0.15) is 0 Å². The predicted molar refractivity (Wildman–Crippen MR) is 86.3 cm³/mol. The Morgan fingerprint density at radius 2 is 1.80 bits per heavy atom. The summed E-state index contributed by atoms with van der Waals surface area (Å²) >= 11 is 3.45. The van der Waals surface area contributed by atoms with Crippen molar-refractivity contribution in [2.75, 3.05) is 7.11 Å². The van der Waals surface area contributed by atoms with Crippen LogP contribution in [0.2, 0.25) is 0 Å². The number of rotatable bonds is 5. The van der Waals surface area contributed by atoms with Gasteiger partial charge in [0.05, 0.1) is 5.60 Å². The molecule has 0 fully saturated rings. The Bertz CT molecular complexity index is 632. The molecule has 0 spiro atoms. The molecule has 0 aliphatic carbocycles. The van der Waals surface area contributed by atoms with Gasteiger partial charge in [-0.15, -0.1) is 0 Å². The maximum atomic E-state index is 12.3. The Hall–Kier alpha value is -1.19. The Morgan fingerprint density at radius 3 is 2.50 bits per heavy atom. The first-order valence-electron chi connectivity index (χ1n) is 6.69. The van der Waals surface area contributed by atoms with Gasteiger partial charge >= 0.3 is 0 Å². The monoisotopic (exact) mass is 334 g/mol. The summed E-state index contributed by atoms with van der Waals surface area (Å²) in [5, 5.41) is 2.22. The van der Waals surface area contributed by atoms with E-state index >= 15 is 0 Å². The van der Waals surface area contributed by atoms with E-state index in [2.05, 4.69) is 22.0 Å². The van der Waals surface area contributed by atoms with E-state index in [1.165, 1.54) is 0 Å². The molecule has 0 aromatic heterocycles. The highest BCUT2D eigenvalue weighted by atomic mass is 79.9. The second-order valence-electron chi connectivity index (χ2n) is 5.59. The van der Waals surface area contributed by atoms with Crippen molar-refractivity contribution in [2.45, 2.75) is 32.3 Å². The summed E-state index contributed by atoms with van der Waals surface area (Å²) in [6.45, 7) is 4.00. The summed E-state index contributed by atoms with van der Waals surface area (Å²) in [5.41, 5.74) is 0.518. The molecule has 0 aliphatic heterocycles. The van der Waals surface area contributed by atoms with E-state index in [9.17, 15) is 4.79 Å². The van der Waals surface area contributed by atoms with Gasteiger partial charge in [0.15, 0.2) is 5.78 Å². The van der Waals surface area contributed by atoms with Crippen LogP contribution in [0.5, 0.6) is 0 Å². The molecule has 0 saturated carbocycles. The Kier molecular flexibility index (Phi) is 4.61. The average Bonchev–Trinajstić information content (AvgIpc) is 2.44. The van der Waals surface area contributed by atoms with Gasteiger partial charge in [-0.05, 0) is 49.2 Å². The molecule has 0 N–H and O–H groups in total. The highest BCUT2D eigenvalue weighted by Gasteiger charge is 2.18. The van der Waals surface area contributed by atoms with Crippen molar-refractivity contribution >= 4 is 32.5 Å². The van der Waals surface area contributed by atoms with Crippen LogP contribution in [-0.2, 0) is 4.74 Å². The normalized spacial score (nSPS) is 11.8. The highest BCUT2D eigenvalue weighted by molar-refractivity contribution is 9.10. The minimum atomic E-state index is -0.253. The fourth-order valence-corrected chi connectivity index (χ4v) is 2.43. The van der Waals surface area contributed by atoms with Crippen LogP contribution < -0.4 is 0 Å². The molecule has 0 heterocycles. The number of Topliss-reactive ketones (excluding diaryl/α,β-unsaturated/α-hetero) is 1. The summed E-state index contributed by atoms with van der Waals surface area (Å²) in [6, 6.07) is 11.9. The summed E-state index contributed by atoms with van der Waals surface area (Å²) in [4.78, 5) is 12.3. The summed E-state index contributed by atoms with van der Waals surface area (Å²) in [7, 11) is 1.68. The molecule has 20 heavy (non-hydrogen) atoms. The maximum absolute atomic E-state index is 12.3. The molecule has 106 valence electrons. The van der Waals surface area contributed by atoms with E-state index in [1.54, 1.807) is 7.11 Å². The molecule has 0 amide bonds. The summed E-state index contributed by atoms with van der Waals surface area (Å²) in [5.74, 6) is 0.167. The van der Waals surface area contributed by atoms with Crippen LogP contribution in [-0.4, -0.2) is 18.5 Å². The Balaban J connectivity index is 2.16. The van der Waals surface area contributed by atoms with Gasteiger partial charge in [0.25, 0.3) is 0 Å². The molecule has 2 aromatic carbocycles. The van der Waals surface area contributed by atoms with E-state index in [1.807, 2.05) is 44.2 Å². The number of hydrogen-bond acceptors (Lipinski definition) is 2. The third-order valence-electron chi connectivity index (χ3n) is 3.63. The summed E-state index contributed by atoms with van der Waals surface area (Å²) < 4.78 is 6.40. The van der Waals surface area contributed by atoms with Gasteiger partial charge < -0.3 is 4.74 Å². The van der Waals surface area contributed by atoms with E-state index in [0.717, 1.165) is 27.2 Å². The number of methoxy groups -OCH3 is 1. The van der Waals surface area contributed by atoms with Crippen molar-refractivity contribution < 1.29 is 9.53 Å². The van der Waals surface area contributed by atoms with E-state index in [4.69, 9.17) is 4.74 Å². The molecule has 2 aromatic rings. The second kappa shape index (κ2) is 6.06. The molecule has 0 saturated heterocycles. The zero-order valence-electron chi connectivity index (χ0n) is 12.1. The lowest BCUT2D eigenvalue weighted by atomic mass is 9.96.